The van der Waals surface area contributed by atoms with E-state index in [4.69, 9.17) is 15.9 Å². The van der Waals surface area contributed by atoms with Crippen LogP contribution in [-0.2, 0) is 17.9 Å². The molecule has 0 spiro atoms. The van der Waals surface area contributed by atoms with Gasteiger partial charge in [0, 0.05) is 29.8 Å². The van der Waals surface area contributed by atoms with E-state index in [0.717, 1.165) is 24.0 Å². The number of amides is 1. The monoisotopic (exact) mass is 526 g/mol. The van der Waals surface area contributed by atoms with Crippen LogP contribution < -0.4 is 15.4 Å². The average Bonchev–Trinajstić information content (AvgIpc) is 2.92. The zero-order valence-corrected chi connectivity index (χ0v) is 22.3. The molecule has 0 bridgehead atoms. The largest absolute Gasteiger partial charge is 0.478 e. The van der Waals surface area contributed by atoms with Crippen molar-refractivity contribution < 1.29 is 19.4 Å². The molecule has 5 rings (SSSR count). The maximum absolute atomic E-state index is 13.9. The first-order chi connectivity index (χ1) is 18.7. The number of piperidine rings is 1. The fourth-order valence-corrected chi connectivity index (χ4v) is 5.71. The van der Waals surface area contributed by atoms with Crippen molar-refractivity contribution in [3.63, 3.8) is 0 Å². The molecule has 0 aromatic heterocycles. The van der Waals surface area contributed by atoms with E-state index in [1.807, 2.05) is 30.3 Å². The number of fused-ring (bicyclic) bond motifs is 1. The van der Waals surface area contributed by atoms with Gasteiger partial charge in [-0.2, -0.15) is 0 Å². The topological polar surface area (TPSA) is 120 Å². The number of nitrogen functional groups attached to an aromatic ring is 1. The van der Waals surface area contributed by atoms with E-state index in [0.29, 0.717) is 41.2 Å². The first-order valence-electron chi connectivity index (χ1n) is 13.3. The SMILES string of the molecule is CC1CCCC(C)N1Cc1cc(CN2C(=O)C(c3cccc(C(=N)N)c3)Oc3ccccc32)cc(C(=O)O)c1. The van der Waals surface area contributed by atoms with E-state index in [9.17, 15) is 14.7 Å². The molecule has 2 aliphatic rings. The number of amidine groups is 1. The third-order valence-electron chi connectivity index (χ3n) is 7.77. The normalized spacial score (nSPS) is 21.2. The van der Waals surface area contributed by atoms with Crippen LogP contribution in [0.15, 0.2) is 66.7 Å². The smallest absolute Gasteiger partial charge is 0.335 e. The lowest BCUT2D eigenvalue weighted by Gasteiger charge is -2.39. The van der Waals surface area contributed by atoms with E-state index >= 15 is 0 Å². The van der Waals surface area contributed by atoms with Crippen LogP contribution in [0.3, 0.4) is 0 Å². The van der Waals surface area contributed by atoms with Gasteiger partial charge >= 0.3 is 5.97 Å². The second kappa shape index (κ2) is 10.9. The molecule has 3 unspecified atom stereocenters. The van der Waals surface area contributed by atoms with Crippen LogP contribution in [0.4, 0.5) is 5.69 Å². The fraction of sp³-hybridized carbons (Fsp3) is 0.323. The summed E-state index contributed by atoms with van der Waals surface area (Å²) in [6.45, 7) is 5.30. The summed E-state index contributed by atoms with van der Waals surface area (Å²) in [5.41, 5.74) is 9.29. The molecule has 0 radical (unpaired) electrons. The van der Waals surface area contributed by atoms with E-state index in [-0.39, 0.29) is 23.9 Å². The molecule has 0 aliphatic carbocycles. The number of rotatable bonds is 7. The zero-order chi connectivity index (χ0) is 27.7. The van der Waals surface area contributed by atoms with Gasteiger partial charge in [0.15, 0.2) is 0 Å². The number of carboxylic acid groups (broad SMARTS) is 1. The van der Waals surface area contributed by atoms with Crippen LogP contribution in [0.2, 0.25) is 0 Å². The minimum absolute atomic E-state index is 0.0901. The van der Waals surface area contributed by atoms with E-state index in [2.05, 4.69) is 18.7 Å². The number of likely N-dealkylation sites (tertiary alicyclic amines) is 1. The average molecular weight is 527 g/mol. The number of hydrogen-bond donors (Lipinski definition) is 3. The Morgan fingerprint density at radius 3 is 2.36 bits per heavy atom. The summed E-state index contributed by atoms with van der Waals surface area (Å²) < 4.78 is 6.14. The summed E-state index contributed by atoms with van der Waals surface area (Å²) in [6, 6.07) is 20.5. The van der Waals surface area contributed by atoms with Gasteiger partial charge < -0.3 is 20.5 Å². The fourth-order valence-electron chi connectivity index (χ4n) is 5.71. The van der Waals surface area contributed by atoms with Crippen LogP contribution in [0.5, 0.6) is 5.75 Å². The molecule has 2 aliphatic heterocycles. The summed E-state index contributed by atoms with van der Waals surface area (Å²) in [4.78, 5) is 30.0. The maximum Gasteiger partial charge on any atom is 0.335 e. The molecule has 1 amide bonds. The van der Waals surface area contributed by atoms with Crippen molar-refractivity contribution in [2.75, 3.05) is 4.90 Å². The van der Waals surface area contributed by atoms with E-state index < -0.39 is 12.1 Å². The highest BCUT2D eigenvalue weighted by Gasteiger charge is 2.36. The van der Waals surface area contributed by atoms with Crippen LogP contribution in [-0.4, -0.2) is 39.8 Å². The van der Waals surface area contributed by atoms with Gasteiger partial charge in [-0.3, -0.25) is 15.1 Å². The van der Waals surface area contributed by atoms with Gasteiger partial charge in [-0.1, -0.05) is 42.8 Å². The molecule has 0 saturated carbocycles. The number of nitrogens with one attached hydrogen (secondary N) is 1. The number of carbonyl (C=O) groups is 2. The minimum atomic E-state index is -0.995. The molecule has 1 saturated heterocycles. The van der Waals surface area contributed by atoms with Gasteiger partial charge in [-0.05, 0) is 68.1 Å². The number of carbonyl (C=O) groups excluding carboxylic acids is 1. The van der Waals surface area contributed by atoms with Gasteiger partial charge in [0.25, 0.3) is 5.91 Å². The molecule has 8 heteroatoms. The Hall–Kier alpha value is -4.17. The Labute approximate surface area is 228 Å². The number of carboxylic acids is 1. The Balaban J connectivity index is 1.50. The Morgan fingerprint density at radius 2 is 1.67 bits per heavy atom. The third-order valence-corrected chi connectivity index (χ3v) is 7.77. The van der Waals surface area contributed by atoms with Crippen LogP contribution in [0.1, 0.15) is 71.8 Å². The summed E-state index contributed by atoms with van der Waals surface area (Å²) in [5, 5.41) is 17.7. The number of aromatic carboxylic acids is 1. The number of anilines is 1. The Morgan fingerprint density at radius 1 is 0.974 bits per heavy atom. The highest BCUT2D eigenvalue weighted by Crippen LogP contribution is 2.40. The summed E-state index contributed by atoms with van der Waals surface area (Å²) in [6.07, 6.45) is 2.53. The maximum atomic E-state index is 13.9. The third kappa shape index (κ3) is 5.52. The van der Waals surface area contributed by atoms with Gasteiger partial charge in [-0.25, -0.2) is 4.79 Å². The number of ether oxygens (including phenoxy) is 1. The van der Waals surface area contributed by atoms with Crippen LogP contribution in [0.25, 0.3) is 0 Å². The lowest BCUT2D eigenvalue weighted by molar-refractivity contribution is -0.126. The number of para-hydroxylation sites is 2. The van der Waals surface area contributed by atoms with Gasteiger partial charge in [-0.15, -0.1) is 0 Å². The van der Waals surface area contributed by atoms with Crippen LogP contribution in [0, 0.1) is 5.41 Å². The van der Waals surface area contributed by atoms with E-state index in [1.54, 1.807) is 41.3 Å². The van der Waals surface area contributed by atoms with Crippen molar-refractivity contribution >= 4 is 23.4 Å². The predicted octanol–water partition coefficient (Wildman–Crippen LogP) is 5.10. The first-order valence-corrected chi connectivity index (χ1v) is 13.3. The Kier molecular flexibility index (Phi) is 7.39. The molecule has 4 N–H and O–H groups in total. The molecule has 8 nitrogen and oxygen atoms in total. The molecule has 3 aromatic rings. The minimum Gasteiger partial charge on any atom is -0.478 e. The van der Waals surface area contributed by atoms with Crippen molar-refractivity contribution in [3.05, 3.63) is 94.5 Å². The standard InChI is InChI=1S/C31H34N4O4/c1-19-7-5-8-20(2)34(19)17-21-13-22(15-25(14-21)31(37)38)18-35-26-11-3-4-12-27(26)39-28(30(35)36)23-9-6-10-24(16-23)29(32)33/h3-4,6,9-16,19-20,28H,5,7-8,17-18H2,1-2H3,(H3,32,33)(H,37,38). The molecule has 3 atom stereocenters. The number of nitrogens with two attached hydrogens (primary N) is 1. The lowest BCUT2D eigenvalue weighted by Crippen LogP contribution is -2.43. The lowest BCUT2D eigenvalue weighted by atomic mass is 9.96. The predicted molar refractivity (Wildman–Crippen MR) is 150 cm³/mol. The van der Waals surface area contributed by atoms with Crippen LogP contribution >= 0.6 is 0 Å². The van der Waals surface area contributed by atoms with Gasteiger partial charge in [0.1, 0.15) is 11.6 Å². The van der Waals surface area contributed by atoms with Crippen molar-refractivity contribution in [1.82, 2.24) is 4.90 Å². The first kappa shape index (κ1) is 26.4. The molecule has 2 heterocycles. The molecular formula is C31H34N4O4. The molecule has 3 aromatic carbocycles. The highest BCUT2D eigenvalue weighted by molar-refractivity contribution is 6.01. The summed E-state index contributed by atoms with van der Waals surface area (Å²) >= 11 is 0. The number of hydrogen-bond acceptors (Lipinski definition) is 5. The summed E-state index contributed by atoms with van der Waals surface area (Å²) in [7, 11) is 0. The van der Waals surface area contributed by atoms with Crippen molar-refractivity contribution in [2.45, 2.75) is 64.4 Å². The second-order valence-electron chi connectivity index (χ2n) is 10.6. The highest BCUT2D eigenvalue weighted by atomic mass is 16.5. The van der Waals surface area contributed by atoms with Crippen molar-refractivity contribution in [3.8, 4) is 5.75 Å². The Bertz CT molecular complexity index is 1410. The molecular weight excluding hydrogens is 492 g/mol. The quantitative estimate of drug-likeness (QED) is 0.291. The molecule has 202 valence electrons. The van der Waals surface area contributed by atoms with Crippen molar-refractivity contribution in [2.24, 2.45) is 5.73 Å². The van der Waals surface area contributed by atoms with Gasteiger partial charge in [0.05, 0.1) is 17.8 Å². The molecule has 1 fully saturated rings. The van der Waals surface area contributed by atoms with Gasteiger partial charge in [0.2, 0.25) is 6.10 Å². The van der Waals surface area contributed by atoms with Crippen molar-refractivity contribution in [1.29, 1.82) is 5.41 Å². The zero-order valence-electron chi connectivity index (χ0n) is 22.3. The second-order valence-corrected chi connectivity index (χ2v) is 10.6. The number of nitrogens with zero attached hydrogens (tertiary/aromatic N) is 2. The number of benzene rings is 3. The summed E-state index contributed by atoms with van der Waals surface area (Å²) in [5.74, 6) is -0.797. The van der Waals surface area contributed by atoms with E-state index in [1.165, 1.54) is 6.42 Å². The molecule has 39 heavy (non-hydrogen) atoms.